The number of benzene rings is 1. The van der Waals surface area contributed by atoms with Gasteiger partial charge in [-0.15, -0.1) is 11.3 Å². The van der Waals surface area contributed by atoms with Gasteiger partial charge in [0.05, 0.1) is 12.1 Å². The minimum atomic E-state index is -0.116. The molecular weight excluding hydrogens is 292 g/mol. The van der Waals surface area contributed by atoms with Crippen molar-refractivity contribution in [2.45, 2.75) is 20.4 Å². The van der Waals surface area contributed by atoms with E-state index in [2.05, 4.69) is 23.6 Å². The third-order valence-electron chi connectivity index (χ3n) is 2.81. The Bertz CT molecular complexity index is 610. The van der Waals surface area contributed by atoms with E-state index in [-0.39, 0.29) is 5.91 Å². The van der Waals surface area contributed by atoms with Gasteiger partial charge in [0.15, 0.2) is 0 Å². The zero-order valence-electron chi connectivity index (χ0n) is 11.5. The number of hydrogen-bond donors (Lipinski definition) is 2. The van der Waals surface area contributed by atoms with Gasteiger partial charge >= 0.3 is 0 Å². The summed E-state index contributed by atoms with van der Waals surface area (Å²) >= 11 is 7.66. The summed E-state index contributed by atoms with van der Waals surface area (Å²) in [4.78, 5) is 14.7. The molecule has 2 aromatic rings. The van der Waals surface area contributed by atoms with Crippen LogP contribution in [0.1, 0.15) is 27.0 Å². The molecule has 2 N–H and O–H groups in total. The fraction of sp³-hybridized carbons (Fsp3) is 0.267. The number of carbonyl (C=O) groups excluding carboxylic acids is 1. The van der Waals surface area contributed by atoms with Crippen molar-refractivity contribution in [2.75, 3.05) is 11.9 Å². The molecule has 0 aliphatic carbocycles. The Morgan fingerprint density at radius 3 is 2.75 bits per heavy atom. The van der Waals surface area contributed by atoms with Crippen LogP contribution in [0.4, 0.5) is 5.69 Å². The largest absolute Gasteiger partial charge is 0.385 e. The molecule has 0 fully saturated rings. The van der Waals surface area contributed by atoms with E-state index in [4.69, 9.17) is 11.6 Å². The van der Waals surface area contributed by atoms with Crippen LogP contribution < -0.4 is 10.6 Å². The van der Waals surface area contributed by atoms with E-state index in [1.54, 1.807) is 23.5 Å². The smallest absolute Gasteiger partial charge is 0.253 e. The lowest BCUT2D eigenvalue weighted by molar-refractivity contribution is 0.0952. The molecule has 0 saturated carbocycles. The van der Waals surface area contributed by atoms with Crippen LogP contribution in [0.25, 0.3) is 0 Å². The van der Waals surface area contributed by atoms with Crippen molar-refractivity contribution >= 4 is 34.5 Å². The second-order valence-corrected chi connectivity index (χ2v) is 6.22. The predicted octanol–water partition coefficient (Wildman–Crippen LogP) is 4.07. The zero-order valence-corrected chi connectivity index (χ0v) is 13.1. The number of thiophene rings is 1. The highest BCUT2D eigenvalue weighted by Gasteiger charge is 2.12. The number of halogens is 1. The number of hydrogen-bond acceptors (Lipinski definition) is 3. The van der Waals surface area contributed by atoms with Crippen molar-refractivity contribution in [3.63, 3.8) is 0 Å². The summed E-state index contributed by atoms with van der Waals surface area (Å²) in [6, 6.07) is 9.38. The van der Waals surface area contributed by atoms with Crippen molar-refractivity contribution in [3.8, 4) is 0 Å². The highest BCUT2D eigenvalue weighted by Crippen LogP contribution is 2.21. The van der Waals surface area contributed by atoms with E-state index in [1.807, 2.05) is 19.1 Å². The SMILES string of the molecule is CCNc1ccc(Cl)cc1C(=O)NCc1ccc(C)s1. The summed E-state index contributed by atoms with van der Waals surface area (Å²) in [5, 5.41) is 6.66. The Kier molecular flexibility index (Phi) is 5.04. The second kappa shape index (κ2) is 6.77. The van der Waals surface area contributed by atoms with Gasteiger partial charge in [0.1, 0.15) is 0 Å². The van der Waals surface area contributed by atoms with E-state index in [0.717, 1.165) is 17.1 Å². The summed E-state index contributed by atoms with van der Waals surface area (Å²) in [6.07, 6.45) is 0. The van der Waals surface area contributed by atoms with Crippen molar-refractivity contribution in [3.05, 3.63) is 50.7 Å². The number of aryl methyl sites for hydroxylation is 1. The highest BCUT2D eigenvalue weighted by molar-refractivity contribution is 7.11. The highest BCUT2D eigenvalue weighted by atomic mass is 35.5. The topological polar surface area (TPSA) is 41.1 Å². The fourth-order valence-corrected chi connectivity index (χ4v) is 2.89. The molecule has 0 saturated heterocycles. The standard InChI is InChI=1S/C15H17ClN2OS/c1-3-17-14-7-5-11(16)8-13(14)15(19)18-9-12-6-4-10(2)20-12/h4-8,17H,3,9H2,1-2H3,(H,18,19). The molecule has 0 bridgehead atoms. The predicted molar refractivity (Wildman–Crippen MR) is 85.8 cm³/mol. The molecule has 1 heterocycles. The molecule has 0 aliphatic heterocycles. The minimum Gasteiger partial charge on any atom is -0.385 e. The Morgan fingerprint density at radius 1 is 1.30 bits per heavy atom. The average molecular weight is 309 g/mol. The normalized spacial score (nSPS) is 10.3. The van der Waals surface area contributed by atoms with Gasteiger partial charge in [-0.05, 0) is 44.2 Å². The molecule has 2 rings (SSSR count). The first-order chi connectivity index (χ1) is 9.60. The Labute approximate surface area is 128 Å². The van der Waals surface area contributed by atoms with Gasteiger partial charge in [0.25, 0.3) is 5.91 Å². The van der Waals surface area contributed by atoms with Gasteiger partial charge in [-0.25, -0.2) is 0 Å². The Balaban J connectivity index is 2.09. The molecule has 1 amide bonds. The fourth-order valence-electron chi connectivity index (χ4n) is 1.89. The van der Waals surface area contributed by atoms with Crippen LogP contribution in [0.3, 0.4) is 0 Å². The van der Waals surface area contributed by atoms with Crippen molar-refractivity contribution in [2.24, 2.45) is 0 Å². The molecule has 106 valence electrons. The van der Waals surface area contributed by atoms with Crippen molar-refractivity contribution < 1.29 is 4.79 Å². The lowest BCUT2D eigenvalue weighted by Crippen LogP contribution is -2.23. The van der Waals surface area contributed by atoms with E-state index >= 15 is 0 Å². The molecule has 1 aromatic carbocycles. The Hall–Kier alpha value is -1.52. The maximum Gasteiger partial charge on any atom is 0.253 e. The molecule has 0 unspecified atom stereocenters. The van der Waals surface area contributed by atoms with Crippen LogP contribution in [-0.4, -0.2) is 12.5 Å². The first-order valence-electron chi connectivity index (χ1n) is 6.47. The van der Waals surface area contributed by atoms with Gasteiger partial charge in [-0.1, -0.05) is 11.6 Å². The molecule has 3 nitrogen and oxygen atoms in total. The van der Waals surface area contributed by atoms with E-state index < -0.39 is 0 Å². The summed E-state index contributed by atoms with van der Waals surface area (Å²) in [5.74, 6) is -0.116. The molecule has 0 atom stereocenters. The molecule has 5 heteroatoms. The summed E-state index contributed by atoms with van der Waals surface area (Å²) in [6.45, 7) is 5.34. The number of amides is 1. The second-order valence-electron chi connectivity index (χ2n) is 4.42. The number of anilines is 1. The quantitative estimate of drug-likeness (QED) is 0.874. The molecule has 20 heavy (non-hydrogen) atoms. The van der Waals surface area contributed by atoms with Gasteiger partial charge in [-0.3, -0.25) is 4.79 Å². The van der Waals surface area contributed by atoms with Crippen LogP contribution in [-0.2, 0) is 6.54 Å². The molecule has 0 spiro atoms. The molecule has 0 radical (unpaired) electrons. The van der Waals surface area contributed by atoms with Crippen LogP contribution in [0.15, 0.2) is 30.3 Å². The number of nitrogens with one attached hydrogen (secondary N) is 2. The maximum absolute atomic E-state index is 12.3. The molecular formula is C15H17ClN2OS. The van der Waals surface area contributed by atoms with E-state index in [1.165, 1.54) is 4.88 Å². The number of rotatable bonds is 5. The van der Waals surface area contributed by atoms with E-state index in [0.29, 0.717) is 17.1 Å². The van der Waals surface area contributed by atoms with Crippen LogP contribution in [0.2, 0.25) is 5.02 Å². The first kappa shape index (κ1) is 14.9. The van der Waals surface area contributed by atoms with Crippen LogP contribution in [0, 0.1) is 6.92 Å². The lowest BCUT2D eigenvalue weighted by Gasteiger charge is -2.11. The lowest BCUT2D eigenvalue weighted by atomic mass is 10.1. The van der Waals surface area contributed by atoms with Gasteiger partial charge < -0.3 is 10.6 Å². The van der Waals surface area contributed by atoms with Gasteiger partial charge in [0.2, 0.25) is 0 Å². The summed E-state index contributed by atoms with van der Waals surface area (Å²) in [5.41, 5.74) is 1.38. The van der Waals surface area contributed by atoms with E-state index in [9.17, 15) is 4.79 Å². The average Bonchev–Trinajstić information content (AvgIpc) is 2.84. The minimum absolute atomic E-state index is 0.116. The summed E-state index contributed by atoms with van der Waals surface area (Å²) < 4.78 is 0. The zero-order chi connectivity index (χ0) is 14.5. The maximum atomic E-state index is 12.3. The summed E-state index contributed by atoms with van der Waals surface area (Å²) in [7, 11) is 0. The van der Waals surface area contributed by atoms with Crippen molar-refractivity contribution in [1.29, 1.82) is 0 Å². The van der Waals surface area contributed by atoms with Crippen LogP contribution >= 0.6 is 22.9 Å². The third kappa shape index (κ3) is 3.74. The first-order valence-corrected chi connectivity index (χ1v) is 7.66. The molecule has 0 aliphatic rings. The monoisotopic (exact) mass is 308 g/mol. The third-order valence-corrected chi connectivity index (χ3v) is 4.05. The number of carbonyl (C=O) groups is 1. The van der Waals surface area contributed by atoms with Gasteiger partial charge in [-0.2, -0.15) is 0 Å². The van der Waals surface area contributed by atoms with Crippen molar-refractivity contribution in [1.82, 2.24) is 5.32 Å². The van der Waals surface area contributed by atoms with Crippen LogP contribution in [0.5, 0.6) is 0 Å². The molecule has 1 aromatic heterocycles. The van der Waals surface area contributed by atoms with Gasteiger partial charge in [0, 0.05) is 27.0 Å². The Morgan fingerprint density at radius 2 is 2.10 bits per heavy atom.